The molecule has 2 amide bonds. The molecule has 2 heterocycles. The van der Waals surface area contributed by atoms with Crippen molar-refractivity contribution in [2.45, 2.75) is 39.5 Å². The highest BCUT2D eigenvalue weighted by Gasteiger charge is 2.42. The smallest absolute Gasteiger partial charge is 0.277 e. The fourth-order valence-electron chi connectivity index (χ4n) is 3.70. The van der Waals surface area contributed by atoms with Gasteiger partial charge in [-0.05, 0) is 31.2 Å². The molecule has 26 heavy (non-hydrogen) atoms. The van der Waals surface area contributed by atoms with Crippen molar-refractivity contribution in [1.29, 1.82) is 0 Å². The molecule has 0 N–H and O–H groups in total. The zero-order valence-corrected chi connectivity index (χ0v) is 16.0. The summed E-state index contributed by atoms with van der Waals surface area (Å²) in [5.41, 5.74) is 1.77. The highest BCUT2D eigenvalue weighted by molar-refractivity contribution is 6.36. The van der Waals surface area contributed by atoms with Gasteiger partial charge in [-0.15, -0.1) is 0 Å². The molecule has 0 saturated carbocycles. The second-order valence-electron chi connectivity index (χ2n) is 7.21. The minimum atomic E-state index is -0.193. The quantitative estimate of drug-likeness (QED) is 0.734. The maximum Gasteiger partial charge on any atom is 0.277 e. The molecule has 0 bridgehead atoms. The minimum absolute atomic E-state index is 0.154. The number of rotatable bonds is 6. The number of ether oxygens (including phenoxy) is 1. The van der Waals surface area contributed by atoms with Crippen LogP contribution in [0.3, 0.4) is 0 Å². The van der Waals surface area contributed by atoms with E-state index in [9.17, 15) is 9.59 Å². The molecule has 140 valence electrons. The van der Waals surface area contributed by atoms with Crippen molar-refractivity contribution in [3.8, 4) is 5.75 Å². The molecule has 5 heteroatoms. The second-order valence-corrected chi connectivity index (χ2v) is 7.21. The Balaban J connectivity index is 2.06. The normalized spacial score (nSPS) is 18.9. The Morgan fingerprint density at radius 3 is 2.46 bits per heavy atom. The van der Waals surface area contributed by atoms with E-state index < -0.39 is 0 Å². The van der Waals surface area contributed by atoms with Crippen molar-refractivity contribution < 1.29 is 14.3 Å². The lowest BCUT2D eigenvalue weighted by atomic mass is 9.97. The van der Waals surface area contributed by atoms with E-state index in [2.05, 4.69) is 18.7 Å². The number of nitrogens with zero attached hydrogens (tertiary/aromatic N) is 2. The number of hydrogen-bond acceptors (Lipinski definition) is 4. The van der Waals surface area contributed by atoms with Crippen molar-refractivity contribution in [2.75, 3.05) is 26.7 Å². The number of imide groups is 1. The van der Waals surface area contributed by atoms with E-state index in [-0.39, 0.29) is 11.8 Å². The number of unbranched alkanes of at least 4 members (excludes halogenated alkanes) is 1. The first-order valence-electron chi connectivity index (χ1n) is 9.57. The van der Waals surface area contributed by atoms with Gasteiger partial charge in [-0.1, -0.05) is 38.5 Å². The van der Waals surface area contributed by atoms with Crippen LogP contribution in [-0.4, -0.2) is 48.4 Å². The van der Waals surface area contributed by atoms with Crippen LogP contribution in [-0.2, 0) is 9.59 Å². The van der Waals surface area contributed by atoms with E-state index >= 15 is 0 Å². The number of hydrogen-bond donors (Lipinski definition) is 0. The SMILES string of the molecule is CCCCN1C(=O)C(c2ccccc2OC)=C(N2CCC(C)CC2)C1=O. The van der Waals surface area contributed by atoms with Gasteiger partial charge in [0.1, 0.15) is 11.4 Å². The van der Waals surface area contributed by atoms with Crippen LogP contribution in [0.4, 0.5) is 0 Å². The number of amides is 2. The summed E-state index contributed by atoms with van der Waals surface area (Å²) >= 11 is 0. The van der Waals surface area contributed by atoms with Gasteiger partial charge in [0, 0.05) is 25.2 Å². The summed E-state index contributed by atoms with van der Waals surface area (Å²) in [6.45, 7) is 6.40. The van der Waals surface area contributed by atoms with Crippen LogP contribution in [0.5, 0.6) is 5.75 Å². The molecule has 5 nitrogen and oxygen atoms in total. The lowest BCUT2D eigenvalue weighted by Crippen LogP contribution is -2.38. The minimum Gasteiger partial charge on any atom is -0.496 e. The predicted molar refractivity (Wildman–Crippen MR) is 102 cm³/mol. The maximum atomic E-state index is 13.2. The molecule has 0 radical (unpaired) electrons. The van der Waals surface area contributed by atoms with E-state index in [1.54, 1.807) is 7.11 Å². The van der Waals surface area contributed by atoms with Gasteiger partial charge in [-0.25, -0.2) is 0 Å². The lowest BCUT2D eigenvalue weighted by Gasteiger charge is -2.32. The standard InChI is InChI=1S/C21H28N2O3/c1-4-5-12-23-20(24)18(16-8-6-7-9-17(16)26-3)19(21(23)25)22-13-10-15(2)11-14-22/h6-9,15H,4-5,10-14H2,1-3H3. The predicted octanol–water partition coefficient (Wildman–Crippen LogP) is 3.31. The molecule has 1 fully saturated rings. The van der Waals surface area contributed by atoms with Crippen LogP contribution in [0.2, 0.25) is 0 Å². The van der Waals surface area contributed by atoms with Crippen LogP contribution < -0.4 is 4.74 Å². The summed E-state index contributed by atoms with van der Waals surface area (Å²) in [6, 6.07) is 7.47. The van der Waals surface area contributed by atoms with Crippen LogP contribution in [0, 0.1) is 5.92 Å². The first-order chi connectivity index (χ1) is 12.6. The molecule has 0 aromatic heterocycles. The summed E-state index contributed by atoms with van der Waals surface area (Å²) in [5, 5.41) is 0. The third-order valence-corrected chi connectivity index (χ3v) is 5.35. The average Bonchev–Trinajstić information content (AvgIpc) is 2.90. The van der Waals surface area contributed by atoms with Crippen molar-refractivity contribution in [3.63, 3.8) is 0 Å². The van der Waals surface area contributed by atoms with Gasteiger partial charge in [0.25, 0.3) is 11.8 Å². The fourth-order valence-corrected chi connectivity index (χ4v) is 3.70. The van der Waals surface area contributed by atoms with Crippen LogP contribution >= 0.6 is 0 Å². The zero-order chi connectivity index (χ0) is 18.7. The molecule has 1 aromatic carbocycles. The lowest BCUT2D eigenvalue weighted by molar-refractivity contribution is -0.137. The molecule has 0 aliphatic carbocycles. The maximum absolute atomic E-state index is 13.2. The molecular weight excluding hydrogens is 328 g/mol. The van der Waals surface area contributed by atoms with E-state index in [1.807, 2.05) is 24.3 Å². The summed E-state index contributed by atoms with van der Waals surface area (Å²) in [5.74, 6) is 0.939. The molecule has 0 spiro atoms. The third-order valence-electron chi connectivity index (χ3n) is 5.35. The van der Waals surface area contributed by atoms with Crippen molar-refractivity contribution >= 4 is 17.4 Å². The molecule has 3 rings (SSSR count). The fraction of sp³-hybridized carbons (Fsp3) is 0.524. The number of methoxy groups -OCH3 is 1. The number of benzene rings is 1. The van der Waals surface area contributed by atoms with Gasteiger partial charge in [-0.3, -0.25) is 14.5 Å². The number of para-hydroxylation sites is 1. The Morgan fingerprint density at radius 1 is 1.12 bits per heavy atom. The Hall–Kier alpha value is -2.30. The van der Waals surface area contributed by atoms with Gasteiger partial charge in [0.15, 0.2) is 0 Å². The Labute approximate surface area is 155 Å². The summed E-state index contributed by atoms with van der Waals surface area (Å²) in [6.07, 6.45) is 3.84. The summed E-state index contributed by atoms with van der Waals surface area (Å²) in [7, 11) is 1.59. The van der Waals surface area contributed by atoms with Crippen LogP contribution in [0.25, 0.3) is 5.57 Å². The molecular formula is C21H28N2O3. The monoisotopic (exact) mass is 356 g/mol. The first-order valence-corrected chi connectivity index (χ1v) is 9.57. The van der Waals surface area contributed by atoms with Crippen LogP contribution in [0.1, 0.15) is 45.1 Å². The molecule has 0 unspecified atom stereocenters. The molecule has 2 aliphatic heterocycles. The third kappa shape index (κ3) is 3.35. The van der Waals surface area contributed by atoms with Crippen molar-refractivity contribution in [2.24, 2.45) is 5.92 Å². The van der Waals surface area contributed by atoms with E-state index in [1.165, 1.54) is 4.90 Å². The van der Waals surface area contributed by atoms with E-state index in [0.717, 1.165) is 38.8 Å². The van der Waals surface area contributed by atoms with Gasteiger partial charge < -0.3 is 9.64 Å². The number of carbonyl (C=O) groups excluding carboxylic acids is 2. The van der Waals surface area contributed by atoms with Gasteiger partial charge in [0.2, 0.25) is 0 Å². The Bertz CT molecular complexity index is 718. The average molecular weight is 356 g/mol. The van der Waals surface area contributed by atoms with Gasteiger partial charge in [0.05, 0.1) is 12.7 Å². The Kier molecular flexibility index (Phi) is 5.64. The zero-order valence-electron chi connectivity index (χ0n) is 16.0. The second kappa shape index (κ2) is 7.94. The molecule has 1 aromatic rings. The topological polar surface area (TPSA) is 49.9 Å². The largest absolute Gasteiger partial charge is 0.496 e. The molecule has 2 aliphatic rings. The van der Waals surface area contributed by atoms with Gasteiger partial charge >= 0.3 is 0 Å². The van der Waals surface area contributed by atoms with E-state index in [4.69, 9.17) is 4.74 Å². The van der Waals surface area contributed by atoms with E-state index in [0.29, 0.717) is 35.0 Å². The Morgan fingerprint density at radius 2 is 1.81 bits per heavy atom. The van der Waals surface area contributed by atoms with Crippen LogP contribution in [0.15, 0.2) is 30.0 Å². The highest BCUT2D eigenvalue weighted by atomic mass is 16.5. The van der Waals surface area contributed by atoms with Crippen molar-refractivity contribution in [1.82, 2.24) is 9.80 Å². The van der Waals surface area contributed by atoms with Gasteiger partial charge in [-0.2, -0.15) is 0 Å². The number of carbonyl (C=O) groups is 2. The number of piperidine rings is 1. The summed E-state index contributed by atoms with van der Waals surface area (Å²) < 4.78 is 5.48. The molecule has 1 saturated heterocycles. The molecule has 0 atom stereocenters. The first kappa shape index (κ1) is 18.5. The summed E-state index contributed by atoms with van der Waals surface area (Å²) in [4.78, 5) is 29.8. The number of likely N-dealkylation sites (tertiary alicyclic amines) is 1. The van der Waals surface area contributed by atoms with Crippen molar-refractivity contribution in [3.05, 3.63) is 35.5 Å². The highest BCUT2D eigenvalue weighted by Crippen LogP contribution is 2.37.